The first-order chi connectivity index (χ1) is 12.7. The van der Waals surface area contributed by atoms with E-state index < -0.39 is 10.0 Å². The Morgan fingerprint density at radius 1 is 1.15 bits per heavy atom. The summed E-state index contributed by atoms with van der Waals surface area (Å²) >= 11 is 13.6. The molecule has 1 amide bonds. The third-order valence-electron chi connectivity index (χ3n) is 3.77. The molecule has 146 valence electrons. The predicted molar refractivity (Wildman–Crippen MR) is 115 cm³/mol. The van der Waals surface area contributed by atoms with Gasteiger partial charge in [-0.25, -0.2) is 8.42 Å². The van der Waals surface area contributed by atoms with Gasteiger partial charge in [-0.3, -0.25) is 9.10 Å². The van der Waals surface area contributed by atoms with Gasteiger partial charge in [0.25, 0.3) is 5.91 Å². The fourth-order valence-electron chi connectivity index (χ4n) is 2.18. The second-order valence-electron chi connectivity index (χ2n) is 5.83. The van der Waals surface area contributed by atoms with E-state index in [9.17, 15) is 13.2 Å². The summed E-state index contributed by atoms with van der Waals surface area (Å²) < 4.78 is 24.4. The van der Waals surface area contributed by atoms with Crippen molar-refractivity contribution in [2.24, 2.45) is 0 Å². The maximum atomic E-state index is 12.4. The number of hydrogen-bond donors (Lipinski definition) is 1. The van der Waals surface area contributed by atoms with E-state index in [1.54, 1.807) is 17.8 Å². The van der Waals surface area contributed by atoms with Crippen LogP contribution in [0, 0.1) is 0 Å². The molecule has 0 aliphatic rings. The number of sulfonamides is 1. The second kappa shape index (κ2) is 9.68. The molecule has 0 atom stereocenters. The molecule has 0 heterocycles. The molecule has 9 heteroatoms. The molecule has 0 aliphatic carbocycles. The van der Waals surface area contributed by atoms with E-state index >= 15 is 0 Å². The van der Waals surface area contributed by atoms with Crippen molar-refractivity contribution in [1.82, 2.24) is 5.32 Å². The number of carbonyl (C=O) groups is 1. The number of thioether (sulfide) groups is 1. The molecular weight excluding hydrogens is 427 g/mol. The summed E-state index contributed by atoms with van der Waals surface area (Å²) in [7, 11) is -1.99. The highest BCUT2D eigenvalue weighted by atomic mass is 35.5. The maximum absolute atomic E-state index is 12.4. The number of rotatable bonds is 8. The van der Waals surface area contributed by atoms with Gasteiger partial charge in [0.2, 0.25) is 10.0 Å². The van der Waals surface area contributed by atoms with Gasteiger partial charge in [0.15, 0.2) is 0 Å². The van der Waals surface area contributed by atoms with E-state index in [2.05, 4.69) is 5.32 Å². The van der Waals surface area contributed by atoms with Gasteiger partial charge in [0.05, 0.1) is 22.5 Å². The van der Waals surface area contributed by atoms with Crippen LogP contribution in [0.4, 0.5) is 5.69 Å². The van der Waals surface area contributed by atoms with Gasteiger partial charge < -0.3 is 5.32 Å². The Labute approximate surface area is 174 Å². The highest BCUT2D eigenvalue weighted by molar-refractivity contribution is 7.98. The number of amides is 1. The average molecular weight is 447 g/mol. The van der Waals surface area contributed by atoms with Crippen LogP contribution < -0.4 is 9.62 Å². The minimum atomic E-state index is -3.42. The normalized spacial score (nSPS) is 11.3. The Bertz CT molecular complexity index is 903. The standard InChI is InChI=1S/C18H20Cl2N2O3S2/c1-22(27(2,24)25)15-7-8-17(20)16(11-15)18(23)21-9-10-26-12-13-3-5-14(19)6-4-13/h3-8,11H,9-10,12H2,1-2H3,(H,21,23). The zero-order chi connectivity index (χ0) is 20.0. The van der Waals surface area contributed by atoms with Crippen LogP contribution in [0.3, 0.4) is 0 Å². The lowest BCUT2D eigenvalue weighted by Gasteiger charge is -2.18. The summed E-state index contributed by atoms with van der Waals surface area (Å²) in [5, 5.41) is 3.78. The SMILES string of the molecule is CN(c1ccc(Cl)c(C(=O)NCCSCc2ccc(Cl)cc2)c1)S(C)(=O)=O. The number of nitrogens with one attached hydrogen (secondary N) is 1. The van der Waals surface area contributed by atoms with Gasteiger partial charge in [-0.2, -0.15) is 11.8 Å². The molecule has 0 saturated carbocycles. The first-order valence-corrected chi connectivity index (χ1v) is 11.8. The highest BCUT2D eigenvalue weighted by Gasteiger charge is 2.16. The van der Waals surface area contributed by atoms with Crippen LogP contribution >= 0.6 is 35.0 Å². The van der Waals surface area contributed by atoms with Crippen LogP contribution in [0.25, 0.3) is 0 Å². The van der Waals surface area contributed by atoms with Crippen molar-refractivity contribution in [1.29, 1.82) is 0 Å². The summed E-state index contributed by atoms with van der Waals surface area (Å²) in [4.78, 5) is 12.4. The lowest BCUT2D eigenvalue weighted by atomic mass is 10.2. The van der Waals surface area contributed by atoms with Crippen LogP contribution in [0.15, 0.2) is 42.5 Å². The molecule has 0 saturated heterocycles. The molecule has 0 unspecified atom stereocenters. The molecule has 2 rings (SSSR count). The molecule has 0 spiro atoms. The quantitative estimate of drug-likeness (QED) is 0.620. The Balaban J connectivity index is 1.89. The molecule has 1 N–H and O–H groups in total. The van der Waals surface area contributed by atoms with E-state index in [1.165, 1.54) is 19.2 Å². The van der Waals surface area contributed by atoms with Crippen molar-refractivity contribution in [3.8, 4) is 0 Å². The lowest BCUT2D eigenvalue weighted by molar-refractivity contribution is 0.0956. The van der Waals surface area contributed by atoms with Crippen molar-refractivity contribution in [3.63, 3.8) is 0 Å². The number of hydrogen-bond acceptors (Lipinski definition) is 4. The topological polar surface area (TPSA) is 66.5 Å². The summed E-state index contributed by atoms with van der Waals surface area (Å²) in [6, 6.07) is 12.2. The number of benzene rings is 2. The fraction of sp³-hybridized carbons (Fsp3) is 0.278. The Hall–Kier alpha value is -1.41. The van der Waals surface area contributed by atoms with Gasteiger partial charge in [-0.15, -0.1) is 0 Å². The van der Waals surface area contributed by atoms with Crippen molar-refractivity contribution < 1.29 is 13.2 Å². The van der Waals surface area contributed by atoms with E-state index in [4.69, 9.17) is 23.2 Å². The fourth-order valence-corrected chi connectivity index (χ4v) is 3.82. The van der Waals surface area contributed by atoms with Gasteiger partial charge in [0, 0.05) is 30.1 Å². The van der Waals surface area contributed by atoms with Crippen LogP contribution in [0.1, 0.15) is 15.9 Å². The van der Waals surface area contributed by atoms with Gasteiger partial charge in [-0.05, 0) is 35.9 Å². The summed E-state index contributed by atoms with van der Waals surface area (Å²) in [6.45, 7) is 0.472. The zero-order valence-electron chi connectivity index (χ0n) is 14.9. The third kappa shape index (κ3) is 6.60. The largest absolute Gasteiger partial charge is 0.351 e. The monoisotopic (exact) mass is 446 g/mol. The molecule has 0 radical (unpaired) electrons. The summed E-state index contributed by atoms with van der Waals surface area (Å²) in [5.41, 5.74) is 1.78. The van der Waals surface area contributed by atoms with E-state index in [-0.39, 0.29) is 16.5 Å². The van der Waals surface area contributed by atoms with Gasteiger partial charge in [-0.1, -0.05) is 35.3 Å². The van der Waals surface area contributed by atoms with E-state index in [0.29, 0.717) is 17.3 Å². The van der Waals surface area contributed by atoms with Crippen LogP contribution in [-0.2, 0) is 15.8 Å². The zero-order valence-corrected chi connectivity index (χ0v) is 18.1. The van der Waals surface area contributed by atoms with Crippen LogP contribution in [0.5, 0.6) is 0 Å². The minimum absolute atomic E-state index is 0.243. The highest BCUT2D eigenvalue weighted by Crippen LogP contribution is 2.24. The molecule has 2 aromatic carbocycles. The maximum Gasteiger partial charge on any atom is 0.252 e. The molecule has 0 fully saturated rings. The summed E-state index contributed by atoms with van der Waals surface area (Å²) in [6.07, 6.45) is 1.10. The average Bonchev–Trinajstić information content (AvgIpc) is 2.62. The van der Waals surface area contributed by atoms with Crippen LogP contribution in [-0.4, -0.2) is 39.9 Å². The molecule has 27 heavy (non-hydrogen) atoms. The first kappa shape index (κ1) is 21.9. The van der Waals surface area contributed by atoms with Crippen LogP contribution in [0.2, 0.25) is 10.0 Å². The number of halogens is 2. The smallest absolute Gasteiger partial charge is 0.252 e. The lowest BCUT2D eigenvalue weighted by Crippen LogP contribution is -2.28. The molecule has 2 aromatic rings. The first-order valence-electron chi connectivity index (χ1n) is 8.02. The van der Waals surface area contributed by atoms with Crippen molar-refractivity contribution >= 4 is 56.6 Å². The molecule has 0 bridgehead atoms. The number of anilines is 1. The van der Waals surface area contributed by atoms with Gasteiger partial charge >= 0.3 is 0 Å². The summed E-state index contributed by atoms with van der Waals surface area (Å²) in [5.74, 6) is 1.22. The third-order valence-corrected chi connectivity index (χ3v) is 6.59. The van der Waals surface area contributed by atoms with Crippen molar-refractivity contribution in [2.45, 2.75) is 5.75 Å². The second-order valence-corrected chi connectivity index (χ2v) is 9.79. The molecular formula is C18H20Cl2N2O3S2. The Morgan fingerprint density at radius 2 is 1.81 bits per heavy atom. The Morgan fingerprint density at radius 3 is 2.44 bits per heavy atom. The molecule has 5 nitrogen and oxygen atoms in total. The van der Waals surface area contributed by atoms with Crippen molar-refractivity contribution in [2.75, 3.05) is 29.9 Å². The van der Waals surface area contributed by atoms with E-state index in [1.807, 2.05) is 24.3 Å². The van der Waals surface area contributed by atoms with Crippen molar-refractivity contribution in [3.05, 3.63) is 63.6 Å². The number of nitrogens with zero attached hydrogens (tertiary/aromatic N) is 1. The Kier molecular flexibility index (Phi) is 7.85. The number of carbonyl (C=O) groups excluding carboxylic acids is 1. The predicted octanol–water partition coefficient (Wildman–Crippen LogP) is 4.05. The molecule has 0 aliphatic heterocycles. The molecule has 0 aromatic heterocycles. The minimum Gasteiger partial charge on any atom is -0.351 e. The van der Waals surface area contributed by atoms with E-state index in [0.717, 1.165) is 27.6 Å². The van der Waals surface area contributed by atoms with Gasteiger partial charge in [0.1, 0.15) is 0 Å².